The first-order chi connectivity index (χ1) is 3.35. The zero-order valence-corrected chi connectivity index (χ0v) is 4.81. The van der Waals surface area contributed by atoms with E-state index in [1.54, 1.807) is 14.0 Å². The van der Waals surface area contributed by atoms with Gasteiger partial charge in [-0.1, -0.05) is 0 Å². The van der Waals surface area contributed by atoms with Gasteiger partial charge in [0.2, 0.25) is 0 Å². The molecule has 0 N–H and O–H groups in total. The molecule has 7 heavy (non-hydrogen) atoms. The monoisotopic (exact) mass is 181 g/mol. The predicted molar refractivity (Wildman–Crippen MR) is 16.8 cm³/mol. The molecular formula is C3N3Rh. The zero-order chi connectivity index (χ0) is 5.70. The molecule has 4 heteroatoms. The van der Waals surface area contributed by atoms with E-state index in [0.717, 1.165) is 0 Å². The summed E-state index contributed by atoms with van der Waals surface area (Å²) in [5.41, 5.74) is 0. The first-order valence-electron chi connectivity index (χ1n) is 1.17. The van der Waals surface area contributed by atoms with Gasteiger partial charge < -0.3 is 0 Å². The maximum absolute atomic E-state index is 7.89. The van der Waals surface area contributed by atoms with Crippen LogP contribution in [0.25, 0.3) is 0 Å². The van der Waals surface area contributed by atoms with Crippen molar-refractivity contribution < 1.29 is 16.0 Å². The quantitative estimate of drug-likeness (QED) is 0.495. The van der Waals surface area contributed by atoms with Gasteiger partial charge in [0.25, 0.3) is 0 Å². The first kappa shape index (κ1) is 6.09. The summed E-state index contributed by atoms with van der Waals surface area (Å²) in [7, 11) is 0. The average Bonchev–Trinajstić information content (AvgIpc) is 1.72. The Balaban J connectivity index is 3.82. The van der Waals surface area contributed by atoms with Crippen LogP contribution < -0.4 is 0 Å². The molecule has 0 aromatic heterocycles. The maximum atomic E-state index is 7.89. The molecule has 0 bridgehead atoms. The van der Waals surface area contributed by atoms with Crippen LogP contribution in [-0.4, -0.2) is 0 Å². The van der Waals surface area contributed by atoms with E-state index in [2.05, 4.69) is 0 Å². The Labute approximate surface area is 46.3 Å². The standard InChI is InChI=1S/3CN.Rh/c3*1-2;. The Hall–Kier alpha value is -0.907. The topological polar surface area (TPSA) is 71.4 Å². The Bertz CT molecular complexity index is 133. The molecule has 0 saturated carbocycles. The summed E-state index contributed by atoms with van der Waals surface area (Å²) in [6, 6.07) is 0. The summed E-state index contributed by atoms with van der Waals surface area (Å²) in [6.07, 6.45) is 0. The Morgan fingerprint density at radius 2 is 1.14 bits per heavy atom. The Morgan fingerprint density at radius 3 is 1.14 bits per heavy atom. The molecule has 0 amide bonds. The number of rotatable bonds is 0. The van der Waals surface area contributed by atoms with Gasteiger partial charge in [-0.25, -0.2) is 0 Å². The third-order valence-corrected chi connectivity index (χ3v) is 1.32. The number of nitrogens with zero attached hydrogens (tertiary/aromatic N) is 3. The van der Waals surface area contributed by atoms with Crippen LogP contribution in [0.4, 0.5) is 0 Å². The average molecular weight is 181 g/mol. The normalized spacial score (nSPS) is 7.29. The van der Waals surface area contributed by atoms with E-state index >= 15 is 0 Å². The van der Waals surface area contributed by atoms with E-state index in [9.17, 15) is 0 Å². The summed E-state index contributed by atoms with van der Waals surface area (Å²) in [5.74, 6) is 0. The fourth-order valence-electron chi connectivity index (χ4n) is 0.0500. The van der Waals surface area contributed by atoms with Crippen molar-refractivity contribution in [3.8, 4) is 14.0 Å². The van der Waals surface area contributed by atoms with E-state index < -0.39 is 16.0 Å². The van der Waals surface area contributed by atoms with Crippen LogP contribution in [0.2, 0.25) is 0 Å². The van der Waals surface area contributed by atoms with Gasteiger partial charge in [0, 0.05) is 0 Å². The van der Waals surface area contributed by atoms with Gasteiger partial charge in [-0.3, -0.25) is 0 Å². The van der Waals surface area contributed by atoms with Crippen LogP contribution in [0.1, 0.15) is 0 Å². The number of nitriles is 3. The van der Waals surface area contributed by atoms with Gasteiger partial charge in [0.1, 0.15) is 0 Å². The second kappa shape index (κ2) is 3.29. The first-order valence-corrected chi connectivity index (χ1v) is 3.63. The zero-order valence-electron chi connectivity index (χ0n) is 3.17. The van der Waals surface area contributed by atoms with Gasteiger partial charge in [0.15, 0.2) is 0 Å². The summed E-state index contributed by atoms with van der Waals surface area (Å²) in [5, 5.41) is 23.7. The van der Waals surface area contributed by atoms with Gasteiger partial charge in [-0.05, 0) is 0 Å². The minimum absolute atomic E-state index is 1.61. The van der Waals surface area contributed by atoms with Crippen molar-refractivity contribution in [1.29, 1.82) is 15.8 Å². The van der Waals surface area contributed by atoms with E-state index in [-0.39, 0.29) is 0 Å². The van der Waals surface area contributed by atoms with Crippen molar-refractivity contribution in [3.63, 3.8) is 0 Å². The Morgan fingerprint density at radius 1 is 0.857 bits per heavy atom. The molecule has 0 aliphatic heterocycles. The molecule has 0 spiro atoms. The van der Waals surface area contributed by atoms with E-state index in [1.807, 2.05) is 0 Å². The van der Waals surface area contributed by atoms with Crippen LogP contribution in [0, 0.1) is 29.8 Å². The fraction of sp³-hybridized carbons (Fsp3) is 0. The summed E-state index contributed by atoms with van der Waals surface area (Å²) < 4.78 is 4.83. The van der Waals surface area contributed by atoms with Crippen LogP contribution >= 0.6 is 0 Å². The third kappa shape index (κ3) is 1.88. The summed E-state index contributed by atoms with van der Waals surface area (Å²) in [4.78, 5) is 0. The molecule has 3 nitrogen and oxygen atoms in total. The van der Waals surface area contributed by atoms with Gasteiger partial charge in [-0.15, -0.1) is 0 Å². The predicted octanol–water partition coefficient (Wildman–Crippen LogP) is 0.0478. The molecule has 0 saturated heterocycles. The van der Waals surface area contributed by atoms with Crippen LogP contribution in [0.15, 0.2) is 0 Å². The van der Waals surface area contributed by atoms with Crippen LogP contribution in [0.5, 0.6) is 0 Å². The Kier molecular flexibility index (Phi) is 2.86. The van der Waals surface area contributed by atoms with E-state index in [1.165, 1.54) is 0 Å². The molecule has 0 atom stereocenters. The molecule has 0 fully saturated rings. The molecule has 0 heterocycles. The molecule has 0 aromatic rings. The van der Waals surface area contributed by atoms with Gasteiger partial charge in [0.05, 0.1) is 0 Å². The SMILES string of the molecule is N#[C][Rh]([C]#N)[C]#N. The van der Waals surface area contributed by atoms with Gasteiger partial charge >= 0.3 is 45.7 Å². The molecule has 0 aliphatic rings. The van der Waals surface area contributed by atoms with Gasteiger partial charge in [-0.2, -0.15) is 0 Å². The van der Waals surface area contributed by atoms with Crippen molar-refractivity contribution in [2.45, 2.75) is 0 Å². The fourth-order valence-corrected chi connectivity index (χ4v) is 0.296. The van der Waals surface area contributed by atoms with E-state index in [0.29, 0.717) is 0 Å². The molecular weight excluding hydrogens is 181 g/mol. The van der Waals surface area contributed by atoms with Crippen molar-refractivity contribution in [2.24, 2.45) is 0 Å². The minimum atomic E-state index is -2.18. The molecule has 0 unspecified atom stereocenters. The van der Waals surface area contributed by atoms with Crippen molar-refractivity contribution in [3.05, 3.63) is 0 Å². The molecule has 0 aliphatic carbocycles. The number of hydrogen-bond acceptors (Lipinski definition) is 3. The van der Waals surface area contributed by atoms with Crippen molar-refractivity contribution >= 4 is 0 Å². The van der Waals surface area contributed by atoms with Crippen molar-refractivity contribution in [2.75, 3.05) is 0 Å². The van der Waals surface area contributed by atoms with E-state index in [4.69, 9.17) is 15.8 Å². The summed E-state index contributed by atoms with van der Waals surface area (Å²) >= 11 is -2.18. The third-order valence-electron chi connectivity index (χ3n) is 0.224. The van der Waals surface area contributed by atoms with Crippen LogP contribution in [0.3, 0.4) is 0 Å². The number of hydrogen-bond donors (Lipinski definition) is 0. The second-order valence-electron chi connectivity index (χ2n) is 0.474. The molecule has 36 valence electrons. The molecule has 0 rings (SSSR count). The van der Waals surface area contributed by atoms with Crippen LogP contribution in [-0.2, 0) is 16.0 Å². The second-order valence-corrected chi connectivity index (χ2v) is 2.80. The molecule has 0 aromatic carbocycles. The van der Waals surface area contributed by atoms with Crippen molar-refractivity contribution in [1.82, 2.24) is 0 Å². The summed E-state index contributed by atoms with van der Waals surface area (Å²) in [6.45, 7) is 0. The molecule has 0 radical (unpaired) electrons.